The first-order valence-electron chi connectivity index (χ1n) is 7.24. The van der Waals surface area contributed by atoms with Crippen LogP contribution in [0, 0.1) is 11.7 Å². The van der Waals surface area contributed by atoms with Crippen molar-refractivity contribution in [1.29, 1.82) is 0 Å². The minimum atomic E-state index is -0.155. The highest BCUT2D eigenvalue weighted by Crippen LogP contribution is 2.24. The molecule has 0 radical (unpaired) electrons. The zero-order chi connectivity index (χ0) is 15.2. The Bertz CT molecular complexity index is 541. The second-order valence-corrected chi connectivity index (χ2v) is 5.54. The zero-order valence-electron chi connectivity index (χ0n) is 12.8. The van der Waals surface area contributed by atoms with E-state index >= 15 is 0 Å². The monoisotopic (exact) mass is 290 g/mol. The Balaban J connectivity index is 2.00. The van der Waals surface area contributed by atoms with Gasteiger partial charge in [0.15, 0.2) is 0 Å². The van der Waals surface area contributed by atoms with Gasteiger partial charge < -0.3 is 9.73 Å². The van der Waals surface area contributed by atoms with Gasteiger partial charge in [0.25, 0.3) is 0 Å². The topological polar surface area (TPSA) is 28.4 Å². The molecule has 0 saturated heterocycles. The molecular weight excluding hydrogens is 267 g/mol. The van der Waals surface area contributed by atoms with E-state index in [1.165, 1.54) is 6.07 Å². The Morgan fingerprint density at radius 3 is 2.62 bits per heavy atom. The Labute approximate surface area is 125 Å². The molecule has 0 aliphatic rings. The van der Waals surface area contributed by atoms with Crippen LogP contribution in [0.15, 0.2) is 47.1 Å². The maximum absolute atomic E-state index is 14.0. The third-order valence-corrected chi connectivity index (χ3v) is 3.73. The molecule has 0 aliphatic carbocycles. The number of rotatable bonds is 7. The number of nitrogens with one attached hydrogen (secondary N) is 1. The molecule has 114 valence electrons. The average molecular weight is 290 g/mol. The van der Waals surface area contributed by atoms with E-state index in [4.69, 9.17) is 4.42 Å². The van der Waals surface area contributed by atoms with E-state index in [0.717, 1.165) is 24.4 Å². The molecule has 1 aromatic carbocycles. The highest BCUT2D eigenvalue weighted by atomic mass is 19.1. The quantitative estimate of drug-likeness (QED) is 0.846. The number of benzene rings is 1. The van der Waals surface area contributed by atoms with Crippen LogP contribution in [0.3, 0.4) is 0 Å². The fraction of sp³-hybridized carbons (Fsp3) is 0.412. The molecule has 2 unspecified atom stereocenters. The Hall–Kier alpha value is -1.65. The highest BCUT2D eigenvalue weighted by Gasteiger charge is 2.21. The van der Waals surface area contributed by atoms with E-state index in [0.29, 0.717) is 0 Å². The van der Waals surface area contributed by atoms with Crippen LogP contribution in [0.25, 0.3) is 0 Å². The number of hydrogen-bond acceptors (Lipinski definition) is 3. The maximum atomic E-state index is 14.0. The van der Waals surface area contributed by atoms with Crippen molar-refractivity contribution in [3.8, 4) is 0 Å². The minimum absolute atomic E-state index is 0.00903. The van der Waals surface area contributed by atoms with Gasteiger partial charge in [-0.15, -0.1) is 0 Å². The number of halogens is 1. The average Bonchev–Trinajstić information content (AvgIpc) is 2.94. The van der Waals surface area contributed by atoms with E-state index in [-0.39, 0.29) is 17.8 Å². The fourth-order valence-corrected chi connectivity index (χ4v) is 2.80. The third-order valence-electron chi connectivity index (χ3n) is 3.73. The smallest absolute Gasteiger partial charge is 0.127 e. The minimum Gasteiger partial charge on any atom is -0.468 e. The van der Waals surface area contributed by atoms with E-state index in [2.05, 4.69) is 17.1 Å². The van der Waals surface area contributed by atoms with Crippen molar-refractivity contribution in [2.75, 3.05) is 20.6 Å². The van der Waals surface area contributed by atoms with Gasteiger partial charge in [0.05, 0.1) is 12.8 Å². The largest absolute Gasteiger partial charge is 0.468 e. The molecule has 1 aromatic heterocycles. The van der Waals surface area contributed by atoms with Crippen molar-refractivity contribution < 1.29 is 8.81 Å². The first kappa shape index (κ1) is 15.7. The van der Waals surface area contributed by atoms with Gasteiger partial charge in [-0.3, -0.25) is 4.90 Å². The molecule has 0 bridgehead atoms. The summed E-state index contributed by atoms with van der Waals surface area (Å²) in [6.45, 7) is 3.73. The van der Waals surface area contributed by atoms with Gasteiger partial charge in [-0.2, -0.15) is 0 Å². The lowest BCUT2D eigenvalue weighted by Crippen LogP contribution is -2.33. The summed E-state index contributed by atoms with van der Waals surface area (Å²) in [4.78, 5) is 2.19. The van der Waals surface area contributed by atoms with Crippen LogP contribution in [-0.2, 0) is 6.54 Å². The van der Waals surface area contributed by atoms with Crippen molar-refractivity contribution in [2.45, 2.75) is 19.5 Å². The van der Waals surface area contributed by atoms with Crippen molar-refractivity contribution in [3.63, 3.8) is 0 Å². The molecule has 0 spiro atoms. The predicted octanol–water partition coefficient (Wildman–Crippen LogP) is 3.45. The highest BCUT2D eigenvalue weighted by molar-refractivity contribution is 5.21. The zero-order valence-corrected chi connectivity index (χ0v) is 12.8. The first-order valence-corrected chi connectivity index (χ1v) is 7.24. The van der Waals surface area contributed by atoms with Crippen molar-refractivity contribution >= 4 is 0 Å². The third kappa shape index (κ3) is 4.16. The van der Waals surface area contributed by atoms with Crippen molar-refractivity contribution in [3.05, 3.63) is 59.8 Å². The number of nitrogens with zero attached hydrogens (tertiary/aromatic N) is 1. The lowest BCUT2D eigenvalue weighted by Gasteiger charge is -2.28. The molecule has 2 aromatic rings. The summed E-state index contributed by atoms with van der Waals surface area (Å²) in [5, 5.41) is 3.23. The number of hydrogen-bond donors (Lipinski definition) is 1. The summed E-state index contributed by atoms with van der Waals surface area (Å²) in [6.07, 6.45) is 1.68. The van der Waals surface area contributed by atoms with E-state index in [9.17, 15) is 4.39 Å². The van der Waals surface area contributed by atoms with Crippen LogP contribution in [0.2, 0.25) is 0 Å². The molecule has 21 heavy (non-hydrogen) atoms. The van der Waals surface area contributed by atoms with Crippen LogP contribution < -0.4 is 5.32 Å². The first-order chi connectivity index (χ1) is 10.1. The Morgan fingerprint density at radius 1 is 1.24 bits per heavy atom. The van der Waals surface area contributed by atoms with Crippen molar-refractivity contribution in [1.82, 2.24) is 10.2 Å². The molecule has 0 saturated carbocycles. The van der Waals surface area contributed by atoms with Crippen LogP contribution in [-0.4, -0.2) is 25.5 Å². The molecular formula is C17H23FN2O. The van der Waals surface area contributed by atoms with Gasteiger partial charge >= 0.3 is 0 Å². The molecule has 3 nitrogen and oxygen atoms in total. The summed E-state index contributed by atoms with van der Waals surface area (Å²) in [5.74, 6) is 1.06. The second-order valence-electron chi connectivity index (χ2n) is 5.54. The summed E-state index contributed by atoms with van der Waals surface area (Å²) in [5.41, 5.74) is 0.721. The second kappa shape index (κ2) is 7.38. The standard InChI is InChI=1S/C17H23FN2O/c1-13(11-20(3)12-14-7-6-10-21-14)17(19-2)15-8-4-5-9-16(15)18/h4-10,13,17,19H,11-12H2,1-3H3. The number of furan rings is 1. The van der Waals surface area contributed by atoms with Gasteiger partial charge in [-0.05, 0) is 38.2 Å². The SMILES string of the molecule is CNC(c1ccccc1F)C(C)CN(C)Cc1ccco1. The molecule has 2 rings (SSSR count). The van der Waals surface area contributed by atoms with Gasteiger partial charge in [-0.25, -0.2) is 4.39 Å². The Morgan fingerprint density at radius 2 is 2.00 bits per heavy atom. The van der Waals surface area contributed by atoms with Crippen molar-refractivity contribution in [2.24, 2.45) is 5.92 Å². The molecule has 4 heteroatoms. The lowest BCUT2D eigenvalue weighted by atomic mass is 9.93. The van der Waals surface area contributed by atoms with Gasteiger partial charge in [0.1, 0.15) is 11.6 Å². The summed E-state index contributed by atoms with van der Waals surface area (Å²) in [7, 11) is 3.92. The molecule has 0 aliphatic heterocycles. The molecule has 1 heterocycles. The fourth-order valence-electron chi connectivity index (χ4n) is 2.80. The molecule has 0 amide bonds. The predicted molar refractivity (Wildman–Crippen MR) is 82.4 cm³/mol. The van der Waals surface area contributed by atoms with E-state index in [1.54, 1.807) is 12.3 Å². The summed E-state index contributed by atoms with van der Waals surface area (Å²) in [6, 6.07) is 10.8. The van der Waals surface area contributed by atoms with Gasteiger partial charge in [0.2, 0.25) is 0 Å². The molecule has 2 atom stereocenters. The van der Waals surface area contributed by atoms with Crippen LogP contribution in [0.5, 0.6) is 0 Å². The van der Waals surface area contributed by atoms with Gasteiger partial charge in [0, 0.05) is 18.2 Å². The van der Waals surface area contributed by atoms with E-state index < -0.39 is 0 Å². The normalized spacial score (nSPS) is 14.3. The van der Waals surface area contributed by atoms with Crippen LogP contribution >= 0.6 is 0 Å². The van der Waals surface area contributed by atoms with E-state index in [1.807, 2.05) is 38.4 Å². The molecule has 1 N–H and O–H groups in total. The maximum Gasteiger partial charge on any atom is 0.127 e. The summed E-state index contributed by atoms with van der Waals surface area (Å²) >= 11 is 0. The van der Waals surface area contributed by atoms with Crippen LogP contribution in [0.1, 0.15) is 24.3 Å². The Kier molecular flexibility index (Phi) is 5.53. The van der Waals surface area contributed by atoms with Gasteiger partial charge in [-0.1, -0.05) is 25.1 Å². The summed E-state index contributed by atoms with van der Waals surface area (Å²) < 4.78 is 19.3. The van der Waals surface area contributed by atoms with Crippen LogP contribution in [0.4, 0.5) is 4.39 Å². The molecule has 0 fully saturated rings. The lowest BCUT2D eigenvalue weighted by molar-refractivity contribution is 0.229.